The summed E-state index contributed by atoms with van der Waals surface area (Å²) in [6.07, 6.45) is 0. The lowest BCUT2D eigenvalue weighted by Crippen LogP contribution is -2.19. The third kappa shape index (κ3) is 2.69. The van der Waals surface area contributed by atoms with Crippen molar-refractivity contribution in [2.24, 2.45) is 0 Å². The zero-order valence-electron chi connectivity index (χ0n) is 11.0. The number of hydrogen-bond acceptors (Lipinski definition) is 4. The highest BCUT2D eigenvalue weighted by Gasteiger charge is 2.24. The Bertz CT molecular complexity index is 568. The van der Waals surface area contributed by atoms with E-state index in [1.54, 1.807) is 0 Å². The fourth-order valence-electron chi connectivity index (χ4n) is 2.04. The van der Waals surface area contributed by atoms with E-state index in [0.717, 1.165) is 20.9 Å². The van der Waals surface area contributed by atoms with Gasteiger partial charge in [0.15, 0.2) is 0 Å². The van der Waals surface area contributed by atoms with E-state index in [2.05, 4.69) is 39.1 Å². The van der Waals surface area contributed by atoms with Gasteiger partial charge >= 0.3 is 0 Å². The summed E-state index contributed by atoms with van der Waals surface area (Å²) in [4.78, 5) is 1.59. The highest BCUT2D eigenvalue weighted by atomic mass is 32.1. The monoisotopic (exact) mass is 290 g/mol. The largest absolute Gasteiger partial charge is 0.398 e. The van der Waals surface area contributed by atoms with Crippen LogP contribution >= 0.6 is 25.3 Å². The van der Waals surface area contributed by atoms with Gasteiger partial charge in [-0.15, -0.1) is 25.3 Å². The predicted octanol–water partition coefficient (Wildman–Crippen LogP) is 3.75. The summed E-state index contributed by atoms with van der Waals surface area (Å²) >= 11 is 8.69. The maximum Gasteiger partial charge on any atom is 0.0452 e. The molecule has 4 N–H and O–H groups in total. The molecule has 0 heterocycles. The molecule has 2 nitrogen and oxygen atoms in total. The summed E-state index contributed by atoms with van der Waals surface area (Å²) in [6, 6.07) is 11.9. The standard InChI is InChI=1S/C15H18N2S2/c1-15(2,9-4-6-13(18)12(17)7-9)10-3-5-11(16)14(19)8-10/h3-8,18-19H,16-17H2,1-2H3. The number of thiol groups is 2. The number of nitrogen functional groups attached to an aromatic ring is 2. The molecule has 0 fully saturated rings. The lowest BCUT2D eigenvalue weighted by Gasteiger charge is -2.27. The fraction of sp³-hybridized carbons (Fsp3) is 0.200. The van der Waals surface area contributed by atoms with Gasteiger partial charge in [0.05, 0.1) is 0 Å². The molecule has 0 saturated heterocycles. The molecule has 0 atom stereocenters. The van der Waals surface area contributed by atoms with Crippen molar-refractivity contribution in [2.75, 3.05) is 11.5 Å². The highest BCUT2D eigenvalue weighted by Crippen LogP contribution is 2.35. The minimum Gasteiger partial charge on any atom is -0.398 e. The first kappa shape index (κ1) is 14.2. The van der Waals surface area contributed by atoms with Gasteiger partial charge in [0, 0.05) is 26.6 Å². The lowest BCUT2D eigenvalue weighted by molar-refractivity contribution is 0.639. The Morgan fingerprint density at radius 1 is 0.789 bits per heavy atom. The lowest BCUT2D eigenvalue weighted by atomic mass is 9.78. The molecule has 100 valence electrons. The van der Waals surface area contributed by atoms with E-state index < -0.39 is 0 Å². The molecule has 0 spiro atoms. The average molecular weight is 290 g/mol. The Labute approximate surface area is 125 Å². The molecule has 2 rings (SSSR count). The van der Waals surface area contributed by atoms with Crippen molar-refractivity contribution in [1.29, 1.82) is 0 Å². The van der Waals surface area contributed by atoms with Gasteiger partial charge in [-0.1, -0.05) is 26.0 Å². The molecule has 19 heavy (non-hydrogen) atoms. The van der Waals surface area contributed by atoms with Crippen LogP contribution in [0.15, 0.2) is 46.2 Å². The van der Waals surface area contributed by atoms with Crippen LogP contribution in [0.3, 0.4) is 0 Å². The molecule has 4 heteroatoms. The summed E-state index contributed by atoms with van der Waals surface area (Å²) in [5, 5.41) is 0. The molecule has 2 aromatic rings. The van der Waals surface area contributed by atoms with Crippen LogP contribution in [-0.4, -0.2) is 0 Å². The van der Waals surface area contributed by atoms with Gasteiger partial charge in [0.1, 0.15) is 0 Å². The van der Waals surface area contributed by atoms with Crippen molar-refractivity contribution >= 4 is 36.6 Å². The molecule has 0 aromatic heterocycles. The Morgan fingerprint density at radius 2 is 1.37 bits per heavy atom. The topological polar surface area (TPSA) is 52.0 Å². The van der Waals surface area contributed by atoms with Crippen LogP contribution in [-0.2, 0) is 5.41 Å². The van der Waals surface area contributed by atoms with Crippen LogP contribution in [0.25, 0.3) is 0 Å². The average Bonchev–Trinajstić information content (AvgIpc) is 2.35. The minimum atomic E-state index is -0.166. The van der Waals surface area contributed by atoms with Gasteiger partial charge < -0.3 is 11.5 Å². The van der Waals surface area contributed by atoms with Gasteiger partial charge in [-0.25, -0.2) is 0 Å². The quantitative estimate of drug-likeness (QED) is 0.503. The first-order valence-electron chi connectivity index (χ1n) is 6.00. The van der Waals surface area contributed by atoms with Crippen LogP contribution in [0.5, 0.6) is 0 Å². The zero-order valence-corrected chi connectivity index (χ0v) is 12.8. The first-order valence-corrected chi connectivity index (χ1v) is 6.90. The maximum atomic E-state index is 5.94. The van der Waals surface area contributed by atoms with Gasteiger partial charge in [-0.3, -0.25) is 0 Å². The molecule has 0 aliphatic carbocycles. The van der Waals surface area contributed by atoms with Gasteiger partial charge in [-0.2, -0.15) is 0 Å². The summed E-state index contributed by atoms with van der Waals surface area (Å²) < 4.78 is 0. The van der Waals surface area contributed by atoms with E-state index in [-0.39, 0.29) is 5.41 Å². The van der Waals surface area contributed by atoms with E-state index in [4.69, 9.17) is 11.5 Å². The maximum absolute atomic E-state index is 5.94. The summed E-state index contributed by atoms with van der Waals surface area (Å²) in [6.45, 7) is 4.30. The molecule has 0 saturated carbocycles. The van der Waals surface area contributed by atoms with Crippen molar-refractivity contribution in [2.45, 2.75) is 29.1 Å². The second-order valence-corrected chi connectivity index (χ2v) is 6.14. The van der Waals surface area contributed by atoms with Gasteiger partial charge in [0.25, 0.3) is 0 Å². The number of rotatable bonds is 2. The highest BCUT2D eigenvalue weighted by molar-refractivity contribution is 7.80. The summed E-state index contributed by atoms with van der Waals surface area (Å²) in [7, 11) is 0. The third-order valence-corrected chi connectivity index (χ3v) is 4.30. The molecule has 0 unspecified atom stereocenters. The number of hydrogen-bond donors (Lipinski definition) is 4. The number of anilines is 2. The van der Waals surface area contributed by atoms with E-state index in [0.29, 0.717) is 11.4 Å². The normalized spacial score (nSPS) is 11.6. The second kappa shape index (κ2) is 5.02. The molecule has 0 aliphatic heterocycles. The molecule has 0 amide bonds. The van der Waals surface area contributed by atoms with Crippen LogP contribution in [0.4, 0.5) is 11.4 Å². The Kier molecular flexibility index (Phi) is 3.74. The summed E-state index contributed by atoms with van der Waals surface area (Å²) in [5.74, 6) is 0. The molecule has 2 aromatic carbocycles. The van der Waals surface area contributed by atoms with Crippen molar-refractivity contribution in [1.82, 2.24) is 0 Å². The van der Waals surface area contributed by atoms with Crippen molar-refractivity contribution < 1.29 is 0 Å². The van der Waals surface area contributed by atoms with E-state index in [9.17, 15) is 0 Å². The molecule has 0 aliphatic rings. The summed E-state index contributed by atoms with van der Waals surface area (Å²) in [5.41, 5.74) is 15.2. The van der Waals surface area contributed by atoms with Crippen LogP contribution in [0.2, 0.25) is 0 Å². The second-order valence-electron chi connectivity index (χ2n) is 5.17. The van der Waals surface area contributed by atoms with Crippen LogP contribution in [0.1, 0.15) is 25.0 Å². The van der Waals surface area contributed by atoms with E-state index in [1.165, 1.54) is 0 Å². The minimum absolute atomic E-state index is 0.166. The van der Waals surface area contributed by atoms with Crippen molar-refractivity contribution in [3.8, 4) is 0 Å². The Hall–Kier alpha value is -1.26. The molecular weight excluding hydrogens is 272 g/mol. The Balaban J connectivity index is 2.51. The smallest absolute Gasteiger partial charge is 0.0452 e. The SMILES string of the molecule is CC(C)(c1ccc(S)c(N)c1)c1ccc(N)c(S)c1. The van der Waals surface area contributed by atoms with Gasteiger partial charge in [0.2, 0.25) is 0 Å². The molecule has 0 bridgehead atoms. The predicted molar refractivity (Wildman–Crippen MR) is 88.3 cm³/mol. The Morgan fingerprint density at radius 3 is 1.95 bits per heavy atom. The zero-order chi connectivity index (χ0) is 14.2. The third-order valence-electron chi connectivity index (χ3n) is 3.50. The van der Waals surface area contributed by atoms with Crippen molar-refractivity contribution in [3.05, 3.63) is 47.5 Å². The van der Waals surface area contributed by atoms with E-state index >= 15 is 0 Å². The van der Waals surface area contributed by atoms with Crippen molar-refractivity contribution in [3.63, 3.8) is 0 Å². The van der Waals surface area contributed by atoms with Gasteiger partial charge in [-0.05, 0) is 35.4 Å². The molecule has 0 radical (unpaired) electrons. The van der Waals surface area contributed by atoms with E-state index in [1.807, 2.05) is 36.4 Å². The van der Waals surface area contributed by atoms with Crippen LogP contribution in [0, 0.1) is 0 Å². The number of benzene rings is 2. The van der Waals surface area contributed by atoms with Crippen LogP contribution < -0.4 is 11.5 Å². The first-order chi connectivity index (χ1) is 8.82. The fourth-order valence-corrected chi connectivity index (χ4v) is 2.40. The molecular formula is C15H18N2S2. The number of nitrogens with two attached hydrogens (primary N) is 2.